The number of benzene rings is 2. The number of carbonyl (C=O) groups is 1. The SMILES string of the molecule is CC1=NN(c2ccc(C)cc2)C(=O)/C1=C/c1cc(C(C)(C)C)c(O)c(C(C)(C)C)c1. The molecule has 0 bridgehead atoms. The third-order valence-electron chi connectivity index (χ3n) is 5.40. The number of aromatic hydroxyl groups is 1. The Morgan fingerprint density at radius 2 is 1.40 bits per heavy atom. The lowest BCUT2D eigenvalue weighted by atomic mass is 9.78. The summed E-state index contributed by atoms with van der Waals surface area (Å²) in [6.07, 6.45) is 1.89. The minimum atomic E-state index is -0.227. The van der Waals surface area contributed by atoms with Gasteiger partial charge in [0.05, 0.1) is 17.0 Å². The second-order valence-electron chi connectivity index (χ2n) is 10.2. The summed E-state index contributed by atoms with van der Waals surface area (Å²) in [5, 5.41) is 16.9. The van der Waals surface area contributed by atoms with Crippen LogP contribution in [0, 0.1) is 6.92 Å². The molecule has 3 rings (SSSR count). The first-order valence-electron chi connectivity index (χ1n) is 10.4. The Labute approximate surface area is 179 Å². The van der Waals surface area contributed by atoms with Gasteiger partial charge in [0.2, 0.25) is 0 Å². The van der Waals surface area contributed by atoms with Gasteiger partial charge in [-0.25, -0.2) is 0 Å². The highest BCUT2D eigenvalue weighted by molar-refractivity contribution is 6.32. The first-order chi connectivity index (χ1) is 13.8. The van der Waals surface area contributed by atoms with Crippen LogP contribution in [-0.4, -0.2) is 16.7 Å². The topological polar surface area (TPSA) is 52.9 Å². The van der Waals surface area contributed by atoms with E-state index >= 15 is 0 Å². The molecular formula is C26H32N2O2. The molecule has 1 amide bonds. The number of amides is 1. The molecule has 1 aliphatic rings. The molecular weight excluding hydrogens is 372 g/mol. The fraction of sp³-hybridized carbons (Fsp3) is 0.385. The Morgan fingerprint density at radius 1 is 0.900 bits per heavy atom. The van der Waals surface area contributed by atoms with Gasteiger partial charge in [-0.15, -0.1) is 0 Å². The molecule has 4 nitrogen and oxygen atoms in total. The molecule has 2 aromatic carbocycles. The number of hydrogen-bond acceptors (Lipinski definition) is 3. The zero-order valence-electron chi connectivity index (χ0n) is 19.3. The van der Waals surface area contributed by atoms with Crippen LogP contribution in [0.25, 0.3) is 6.08 Å². The van der Waals surface area contributed by atoms with Crippen LogP contribution >= 0.6 is 0 Å². The molecule has 30 heavy (non-hydrogen) atoms. The lowest BCUT2D eigenvalue weighted by molar-refractivity contribution is -0.114. The second-order valence-corrected chi connectivity index (χ2v) is 10.2. The van der Waals surface area contributed by atoms with Crippen molar-refractivity contribution in [2.75, 3.05) is 5.01 Å². The standard InChI is InChI=1S/C26H32N2O2/c1-16-9-11-19(12-10-16)28-24(30)20(17(2)27-28)13-18-14-21(25(3,4)5)23(29)22(15-18)26(6,7)8/h9-15,29H,1-8H3/b20-13+. The van der Waals surface area contributed by atoms with E-state index in [-0.39, 0.29) is 16.7 Å². The number of hydrogen-bond donors (Lipinski definition) is 1. The van der Waals surface area contributed by atoms with Crippen molar-refractivity contribution >= 4 is 23.4 Å². The van der Waals surface area contributed by atoms with E-state index in [0.717, 1.165) is 27.9 Å². The van der Waals surface area contributed by atoms with Crippen LogP contribution in [0.15, 0.2) is 47.1 Å². The number of anilines is 1. The van der Waals surface area contributed by atoms with Gasteiger partial charge in [-0.1, -0.05) is 59.2 Å². The molecule has 1 aliphatic heterocycles. The molecule has 2 aromatic rings. The molecule has 1 heterocycles. The largest absolute Gasteiger partial charge is 0.507 e. The maximum atomic E-state index is 13.1. The normalized spacial score (nSPS) is 16.4. The Morgan fingerprint density at radius 3 is 1.87 bits per heavy atom. The highest BCUT2D eigenvalue weighted by atomic mass is 16.3. The number of aryl methyl sites for hydroxylation is 1. The van der Waals surface area contributed by atoms with Crippen molar-refractivity contribution in [3.8, 4) is 5.75 Å². The zero-order chi connectivity index (χ0) is 22.4. The smallest absolute Gasteiger partial charge is 0.280 e. The third kappa shape index (κ3) is 4.18. The molecule has 0 radical (unpaired) electrons. The maximum Gasteiger partial charge on any atom is 0.280 e. The van der Waals surface area contributed by atoms with E-state index in [1.807, 2.05) is 56.3 Å². The minimum Gasteiger partial charge on any atom is -0.507 e. The molecule has 0 saturated carbocycles. The first kappa shape index (κ1) is 21.8. The van der Waals surface area contributed by atoms with Gasteiger partial charge in [-0.3, -0.25) is 4.79 Å². The summed E-state index contributed by atoms with van der Waals surface area (Å²) in [6.45, 7) is 16.4. The van der Waals surface area contributed by atoms with Crippen molar-refractivity contribution in [2.24, 2.45) is 5.10 Å². The van der Waals surface area contributed by atoms with Crippen LogP contribution in [0.2, 0.25) is 0 Å². The molecule has 0 saturated heterocycles. The van der Waals surface area contributed by atoms with E-state index in [2.05, 4.69) is 46.6 Å². The quantitative estimate of drug-likeness (QED) is 0.615. The van der Waals surface area contributed by atoms with Gasteiger partial charge in [-0.2, -0.15) is 10.1 Å². The molecule has 4 heteroatoms. The predicted octanol–water partition coefficient (Wildman–Crippen LogP) is 6.10. The zero-order valence-corrected chi connectivity index (χ0v) is 19.3. The number of carbonyl (C=O) groups excluding carboxylic acids is 1. The molecule has 0 fully saturated rings. The van der Waals surface area contributed by atoms with Gasteiger partial charge >= 0.3 is 0 Å². The van der Waals surface area contributed by atoms with Crippen LogP contribution < -0.4 is 5.01 Å². The van der Waals surface area contributed by atoms with Gasteiger partial charge < -0.3 is 5.11 Å². The van der Waals surface area contributed by atoms with Crippen LogP contribution in [0.3, 0.4) is 0 Å². The van der Waals surface area contributed by atoms with Gasteiger partial charge in [0.15, 0.2) is 0 Å². The summed E-state index contributed by atoms with van der Waals surface area (Å²) < 4.78 is 0. The van der Waals surface area contributed by atoms with Crippen molar-refractivity contribution in [1.29, 1.82) is 0 Å². The Kier molecular flexibility index (Phi) is 5.40. The fourth-order valence-electron chi connectivity index (χ4n) is 3.60. The Balaban J connectivity index is 2.09. The van der Waals surface area contributed by atoms with Gasteiger partial charge in [0.1, 0.15) is 5.75 Å². The van der Waals surface area contributed by atoms with E-state index in [1.165, 1.54) is 5.01 Å². The number of phenolic OH excluding ortho intramolecular Hbond substituents is 1. The summed E-state index contributed by atoms with van der Waals surface area (Å²) in [7, 11) is 0. The van der Waals surface area contributed by atoms with Crippen LogP contribution in [-0.2, 0) is 15.6 Å². The van der Waals surface area contributed by atoms with Crippen molar-refractivity contribution in [2.45, 2.75) is 66.2 Å². The van der Waals surface area contributed by atoms with Crippen molar-refractivity contribution < 1.29 is 9.90 Å². The molecule has 0 spiro atoms. The Bertz CT molecular complexity index is 1010. The van der Waals surface area contributed by atoms with E-state index in [4.69, 9.17) is 0 Å². The van der Waals surface area contributed by atoms with Crippen LogP contribution in [0.4, 0.5) is 5.69 Å². The van der Waals surface area contributed by atoms with E-state index in [9.17, 15) is 9.90 Å². The highest BCUT2D eigenvalue weighted by Crippen LogP contribution is 2.40. The first-order valence-corrected chi connectivity index (χ1v) is 10.4. The fourth-order valence-corrected chi connectivity index (χ4v) is 3.60. The van der Waals surface area contributed by atoms with Crippen molar-refractivity contribution in [1.82, 2.24) is 0 Å². The minimum absolute atomic E-state index is 0.140. The van der Waals surface area contributed by atoms with Crippen molar-refractivity contribution in [3.05, 3.63) is 64.2 Å². The Hall–Kier alpha value is -2.88. The average molecular weight is 405 g/mol. The lowest BCUT2D eigenvalue weighted by Crippen LogP contribution is -2.21. The average Bonchev–Trinajstić information content (AvgIpc) is 2.90. The van der Waals surface area contributed by atoms with Crippen LogP contribution in [0.1, 0.15) is 70.7 Å². The third-order valence-corrected chi connectivity index (χ3v) is 5.40. The summed E-state index contributed by atoms with van der Waals surface area (Å²) >= 11 is 0. The molecule has 158 valence electrons. The highest BCUT2D eigenvalue weighted by Gasteiger charge is 2.30. The summed E-state index contributed by atoms with van der Waals surface area (Å²) in [5.74, 6) is 0.195. The number of hydrazone groups is 1. The molecule has 1 N–H and O–H groups in total. The van der Waals surface area contributed by atoms with Gasteiger partial charge in [-0.05, 0) is 60.6 Å². The predicted molar refractivity (Wildman–Crippen MR) is 125 cm³/mol. The summed E-state index contributed by atoms with van der Waals surface area (Å²) in [6, 6.07) is 11.7. The van der Waals surface area contributed by atoms with E-state index in [0.29, 0.717) is 17.0 Å². The lowest BCUT2D eigenvalue weighted by Gasteiger charge is -2.28. The monoisotopic (exact) mass is 404 g/mol. The summed E-state index contributed by atoms with van der Waals surface area (Å²) in [5.41, 5.74) is 5.33. The molecule has 0 aliphatic carbocycles. The van der Waals surface area contributed by atoms with E-state index < -0.39 is 0 Å². The number of rotatable bonds is 2. The molecule has 0 aromatic heterocycles. The number of phenols is 1. The molecule has 0 atom stereocenters. The summed E-state index contributed by atoms with van der Waals surface area (Å²) in [4.78, 5) is 13.1. The molecule has 0 unspecified atom stereocenters. The number of nitrogens with zero attached hydrogens (tertiary/aromatic N) is 2. The van der Waals surface area contributed by atoms with Gasteiger partial charge in [0.25, 0.3) is 5.91 Å². The van der Waals surface area contributed by atoms with Crippen molar-refractivity contribution in [3.63, 3.8) is 0 Å². The van der Waals surface area contributed by atoms with Gasteiger partial charge in [0, 0.05) is 11.1 Å². The second kappa shape index (κ2) is 7.42. The van der Waals surface area contributed by atoms with Crippen LogP contribution in [0.5, 0.6) is 5.75 Å². The maximum absolute atomic E-state index is 13.1. The van der Waals surface area contributed by atoms with E-state index in [1.54, 1.807) is 0 Å².